The van der Waals surface area contributed by atoms with Crippen LogP contribution in [-0.2, 0) is 0 Å². The van der Waals surface area contributed by atoms with Crippen LogP contribution in [-0.4, -0.2) is 11.7 Å². The van der Waals surface area contributed by atoms with E-state index < -0.39 is 6.37 Å². The average molecular weight is 90.2 g/mol. The first kappa shape index (κ1) is 3.03. The third-order valence-corrected chi connectivity index (χ3v) is 0.585. The third-order valence-electron chi connectivity index (χ3n) is 0.585. The molecule has 0 bridgehead atoms. The van der Waals surface area contributed by atoms with E-state index in [2.05, 4.69) is 0 Å². The molecule has 0 aliphatic heterocycles. The predicted molar refractivity (Wildman–Crippen MR) is 26.6 cm³/mol. The van der Waals surface area contributed by atoms with Crippen molar-refractivity contribution in [3.05, 3.63) is 0 Å². The molecule has 0 amide bonds. The van der Waals surface area contributed by atoms with Gasteiger partial charge in [0.1, 0.15) is 0 Å². The molecule has 0 rings (SSSR count). The van der Waals surface area contributed by atoms with Crippen molar-refractivity contribution >= 4 is 0 Å². The van der Waals surface area contributed by atoms with Crippen molar-refractivity contribution in [1.29, 1.82) is 0 Å². The molecular formula is C5H12O. The molecule has 0 aliphatic carbocycles. The van der Waals surface area contributed by atoms with Crippen LogP contribution in [0.4, 0.5) is 0 Å². The van der Waals surface area contributed by atoms with Crippen molar-refractivity contribution in [3.63, 3.8) is 0 Å². The van der Waals surface area contributed by atoms with E-state index in [-0.39, 0.29) is 6.61 Å². The summed E-state index contributed by atoms with van der Waals surface area (Å²) in [7, 11) is 0. The Morgan fingerprint density at radius 1 is 1.67 bits per heavy atom. The van der Waals surface area contributed by atoms with Crippen LogP contribution in [0.1, 0.15) is 28.9 Å². The van der Waals surface area contributed by atoms with Crippen LogP contribution >= 0.6 is 0 Å². The van der Waals surface area contributed by atoms with Gasteiger partial charge in [0.25, 0.3) is 0 Å². The number of aliphatic hydroxyl groups is 1. The Morgan fingerprint density at radius 3 is 2.50 bits per heavy atom. The summed E-state index contributed by atoms with van der Waals surface area (Å²) < 4.78 is 14.0. The van der Waals surface area contributed by atoms with Gasteiger partial charge >= 0.3 is 0 Å². The second kappa shape index (κ2) is 4.96. The lowest BCUT2D eigenvalue weighted by Gasteiger charge is -1.85. The largest absolute Gasteiger partial charge is 0.396 e. The minimum atomic E-state index is -1.11. The van der Waals surface area contributed by atoms with Gasteiger partial charge in [0.05, 0.1) is 0 Å². The second-order valence-corrected chi connectivity index (χ2v) is 1.18. The van der Waals surface area contributed by atoms with Gasteiger partial charge in [-0.1, -0.05) is 19.7 Å². The van der Waals surface area contributed by atoms with E-state index in [0.29, 0.717) is 12.8 Å². The Balaban J connectivity index is 3.11. The molecule has 1 nitrogen and oxygen atoms in total. The van der Waals surface area contributed by atoms with E-state index in [0.717, 1.165) is 0 Å². The maximum atomic E-state index is 8.26. The van der Waals surface area contributed by atoms with Gasteiger partial charge in [-0.2, -0.15) is 0 Å². The van der Waals surface area contributed by atoms with Crippen LogP contribution in [0.25, 0.3) is 0 Å². The molecule has 0 aromatic rings. The van der Waals surface area contributed by atoms with Crippen LogP contribution < -0.4 is 0 Å². The number of aliphatic hydroxyl groups excluding tert-OH is 1. The Bertz CT molecular complexity index is 57.9. The number of hydrogen-bond donors (Lipinski definition) is 1. The van der Waals surface area contributed by atoms with Gasteiger partial charge in [0.15, 0.2) is 0 Å². The van der Waals surface area contributed by atoms with Gasteiger partial charge in [-0.25, -0.2) is 0 Å². The predicted octanol–water partition coefficient (Wildman–Crippen LogP) is 1.17. The SMILES string of the molecule is [2H]C([2H])(C)CCCO. The molecule has 0 aliphatic rings. The molecule has 0 aromatic heterocycles. The van der Waals surface area contributed by atoms with E-state index in [1.54, 1.807) is 0 Å². The lowest BCUT2D eigenvalue weighted by Crippen LogP contribution is -1.78. The molecule has 1 heteroatoms. The Hall–Kier alpha value is -0.0400. The summed E-state index contributed by atoms with van der Waals surface area (Å²) in [5.41, 5.74) is 0. The molecule has 6 heavy (non-hydrogen) atoms. The smallest absolute Gasteiger partial charge is 0.0431 e. The third kappa shape index (κ3) is 3.96. The summed E-state index contributed by atoms with van der Waals surface area (Å²) in [6.45, 7) is 1.61. The number of hydrogen-bond acceptors (Lipinski definition) is 1. The van der Waals surface area contributed by atoms with Crippen LogP contribution in [0.3, 0.4) is 0 Å². The highest BCUT2D eigenvalue weighted by atomic mass is 16.2. The molecule has 0 saturated carbocycles. The summed E-state index contributed by atoms with van der Waals surface area (Å²) in [5.74, 6) is 0. The summed E-state index contributed by atoms with van der Waals surface area (Å²) >= 11 is 0. The van der Waals surface area contributed by atoms with Crippen LogP contribution in [0, 0.1) is 0 Å². The molecule has 0 saturated heterocycles. The zero-order valence-electron chi connectivity index (χ0n) is 6.07. The minimum Gasteiger partial charge on any atom is -0.396 e. The highest BCUT2D eigenvalue weighted by Crippen LogP contribution is 1.89. The maximum Gasteiger partial charge on any atom is 0.0431 e. The maximum absolute atomic E-state index is 8.26. The van der Waals surface area contributed by atoms with Crippen LogP contribution in [0.5, 0.6) is 0 Å². The first-order chi connectivity index (χ1) is 3.56. The lowest BCUT2D eigenvalue weighted by molar-refractivity contribution is 0.284. The van der Waals surface area contributed by atoms with Gasteiger partial charge in [-0.05, 0) is 6.42 Å². The van der Waals surface area contributed by atoms with Crippen molar-refractivity contribution in [1.82, 2.24) is 0 Å². The van der Waals surface area contributed by atoms with Crippen LogP contribution in [0.2, 0.25) is 0 Å². The fraction of sp³-hybridized carbons (Fsp3) is 1.00. The molecule has 0 unspecified atom stereocenters. The van der Waals surface area contributed by atoms with E-state index in [1.165, 1.54) is 6.92 Å². The molecular weight excluding hydrogens is 76.1 g/mol. The average Bonchev–Trinajstić information content (AvgIpc) is 1.59. The Labute approximate surface area is 41.8 Å². The van der Waals surface area contributed by atoms with Gasteiger partial charge in [-0.3, -0.25) is 0 Å². The van der Waals surface area contributed by atoms with Crippen molar-refractivity contribution in [2.75, 3.05) is 6.61 Å². The van der Waals surface area contributed by atoms with Gasteiger partial charge in [0, 0.05) is 9.35 Å². The van der Waals surface area contributed by atoms with E-state index in [9.17, 15) is 0 Å². The molecule has 0 atom stereocenters. The van der Waals surface area contributed by atoms with Gasteiger partial charge < -0.3 is 5.11 Å². The Kier molecular flexibility index (Phi) is 2.50. The Morgan fingerprint density at radius 2 is 2.33 bits per heavy atom. The highest BCUT2D eigenvalue weighted by Gasteiger charge is 1.76. The molecule has 1 N–H and O–H groups in total. The van der Waals surface area contributed by atoms with Crippen molar-refractivity contribution in [2.45, 2.75) is 26.1 Å². The molecule has 0 spiro atoms. The van der Waals surface area contributed by atoms with E-state index in [4.69, 9.17) is 7.85 Å². The van der Waals surface area contributed by atoms with Crippen molar-refractivity contribution < 1.29 is 7.85 Å². The number of rotatable bonds is 3. The minimum absolute atomic E-state index is 0.0906. The fourth-order valence-corrected chi connectivity index (χ4v) is 0.256. The fourth-order valence-electron chi connectivity index (χ4n) is 0.256. The van der Waals surface area contributed by atoms with Gasteiger partial charge in [0.2, 0.25) is 0 Å². The van der Waals surface area contributed by atoms with Crippen molar-refractivity contribution in [3.8, 4) is 0 Å². The van der Waals surface area contributed by atoms with E-state index in [1.807, 2.05) is 0 Å². The first-order valence-electron chi connectivity index (χ1n) is 3.17. The first-order valence-corrected chi connectivity index (χ1v) is 2.17. The second-order valence-electron chi connectivity index (χ2n) is 1.18. The zero-order chi connectivity index (χ0) is 6.62. The zero-order valence-corrected chi connectivity index (χ0v) is 4.07. The monoisotopic (exact) mass is 90.1 g/mol. The highest BCUT2D eigenvalue weighted by molar-refractivity contribution is 4.30. The molecule has 0 heterocycles. The van der Waals surface area contributed by atoms with Crippen molar-refractivity contribution in [2.24, 2.45) is 0 Å². The normalized spacial score (nSPS) is 16.3. The summed E-state index contributed by atoms with van der Waals surface area (Å²) in [5, 5.41) is 8.26. The van der Waals surface area contributed by atoms with Crippen LogP contribution in [0.15, 0.2) is 0 Å². The summed E-state index contributed by atoms with van der Waals surface area (Å²) in [4.78, 5) is 0. The molecule has 0 fully saturated rings. The lowest BCUT2D eigenvalue weighted by atomic mass is 10.3. The van der Waals surface area contributed by atoms with Gasteiger partial charge in [-0.15, -0.1) is 0 Å². The molecule has 0 radical (unpaired) electrons. The summed E-state index contributed by atoms with van der Waals surface area (Å²) in [6, 6.07) is 0. The molecule has 0 aromatic carbocycles. The quantitative estimate of drug-likeness (QED) is 0.551. The van der Waals surface area contributed by atoms with E-state index >= 15 is 0 Å². The molecule has 38 valence electrons. The standard InChI is InChI=1S/C5H12O/c1-2-3-4-5-6/h6H,2-5H2,1H3/i2D2. The summed E-state index contributed by atoms with van der Waals surface area (Å²) in [6.07, 6.45) is -0.101. The topological polar surface area (TPSA) is 20.2 Å².